The Morgan fingerprint density at radius 2 is 1.79 bits per heavy atom. The normalized spacial score (nSPS) is 16.4. The first-order valence-electron chi connectivity index (χ1n) is 11.8. The van der Waals surface area contributed by atoms with E-state index in [0.717, 1.165) is 11.1 Å². The number of methoxy groups -OCH3 is 1. The standard InChI is InChI=1S/C29H24N2O6S/c1-36-29(35)21-15-30-22(28(33)34)17-38-26(21)14-19-11-12-25-23(13-19)31(16-18-7-3-2-4-8-18)27(32)20-9-5-6-10-24(20)37-25/h2-13,15,17,26,30H,14,16H2,1H3,(H,33,34). The monoisotopic (exact) mass is 528 g/mol. The van der Waals surface area contributed by atoms with Crippen LogP contribution in [-0.2, 0) is 27.3 Å². The predicted molar refractivity (Wildman–Crippen MR) is 144 cm³/mol. The fraction of sp³-hybridized carbons (Fsp3) is 0.138. The first-order valence-corrected chi connectivity index (χ1v) is 12.8. The Hall–Kier alpha value is -4.50. The molecule has 0 aliphatic carbocycles. The van der Waals surface area contributed by atoms with Crippen LogP contribution in [0.1, 0.15) is 21.5 Å². The molecule has 2 heterocycles. The Kier molecular flexibility index (Phi) is 7.19. The van der Waals surface area contributed by atoms with Gasteiger partial charge in [-0.3, -0.25) is 4.79 Å². The molecule has 192 valence electrons. The molecule has 38 heavy (non-hydrogen) atoms. The number of carbonyl (C=O) groups is 3. The summed E-state index contributed by atoms with van der Waals surface area (Å²) in [5, 5.41) is 13.1. The van der Waals surface area contributed by atoms with Crippen LogP contribution in [0.5, 0.6) is 11.5 Å². The molecule has 0 spiro atoms. The van der Waals surface area contributed by atoms with Crippen LogP contribution in [0.4, 0.5) is 5.69 Å². The Morgan fingerprint density at radius 1 is 1.03 bits per heavy atom. The molecule has 1 atom stereocenters. The predicted octanol–water partition coefficient (Wildman–Crippen LogP) is 4.87. The maximum absolute atomic E-state index is 13.7. The zero-order valence-corrected chi connectivity index (χ0v) is 21.2. The van der Waals surface area contributed by atoms with Gasteiger partial charge < -0.3 is 24.8 Å². The van der Waals surface area contributed by atoms with E-state index in [9.17, 15) is 19.5 Å². The van der Waals surface area contributed by atoms with Gasteiger partial charge in [0.15, 0.2) is 5.75 Å². The number of carboxylic acid groups (broad SMARTS) is 1. The molecule has 1 unspecified atom stereocenters. The van der Waals surface area contributed by atoms with Gasteiger partial charge in [-0.1, -0.05) is 48.5 Å². The van der Waals surface area contributed by atoms with E-state index >= 15 is 0 Å². The second-order valence-electron chi connectivity index (χ2n) is 8.68. The van der Waals surface area contributed by atoms with Crippen molar-refractivity contribution in [1.82, 2.24) is 5.32 Å². The van der Waals surface area contributed by atoms with E-state index in [2.05, 4.69) is 5.32 Å². The van der Waals surface area contributed by atoms with Crippen molar-refractivity contribution >= 4 is 35.3 Å². The third-order valence-electron chi connectivity index (χ3n) is 6.23. The first kappa shape index (κ1) is 25.2. The average Bonchev–Trinajstić information content (AvgIpc) is 3.21. The zero-order chi connectivity index (χ0) is 26.6. The van der Waals surface area contributed by atoms with E-state index in [1.165, 1.54) is 30.5 Å². The number of hydrogen-bond donors (Lipinski definition) is 2. The number of carboxylic acids is 1. The van der Waals surface area contributed by atoms with Crippen molar-refractivity contribution in [3.8, 4) is 11.5 Å². The highest BCUT2D eigenvalue weighted by atomic mass is 32.2. The zero-order valence-electron chi connectivity index (χ0n) is 20.4. The van der Waals surface area contributed by atoms with Crippen molar-refractivity contribution in [2.24, 2.45) is 0 Å². The summed E-state index contributed by atoms with van der Waals surface area (Å²) in [6, 6.07) is 22.4. The SMILES string of the molecule is COC(=O)C1=CNC(C(=O)O)=CSC1Cc1ccc2c(c1)N(Cc1ccccc1)C(=O)c1ccccc1O2. The number of carbonyl (C=O) groups excluding carboxylic acids is 2. The summed E-state index contributed by atoms with van der Waals surface area (Å²) in [5.74, 6) is -0.845. The molecule has 3 aromatic rings. The molecule has 3 aromatic carbocycles. The van der Waals surface area contributed by atoms with Crippen LogP contribution < -0.4 is 15.0 Å². The molecule has 0 saturated heterocycles. The van der Waals surface area contributed by atoms with Gasteiger partial charge in [0.2, 0.25) is 0 Å². The smallest absolute Gasteiger partial charge is 0.352 e. The van der Waals surface area contributed by atoms with Crippen LogP contribution in [0.15, 0.2) is 95.7 Å². The number of aliphatic carboxylic acids is 1. The summed E-state index contributed by atoms with van der Waals surface area (Å²) >= 11 is 1.22. The first-order chi connectivity index (χ1) is 18.4. The number of nitrogens with zero attached hydrogens (tertiary/aromatic N) is 1. The summed E-state index contributed by atoms with van der Waals surface area (Å²) in [6.07, 6.45) is 1.76. The second-order valence-corrected chi connectivity index (χ2v) is 9.76. The van der Waals surface area contributed by atoms with Crippen molar-refractivity contribution < 1.29 is 29.0 Å². The summed E-state index contributed by atoms with van der Waals surface area (Å²) in [5.41, 5.74) is 3.14. The number of fused-ring (bicyclic) bond motifs is 2. The summed E-state index contributed by atoms with van der Waals surface area (Å²) in [6.45, 7) is 0.341. The number of nitrogens with one attached hydrogen (secondary N) is 1. The van der Waals surface area contributed by atoms with Gasteiger partial charge in [0.1, 0.15) is 11.4 Å². The van der Waals surface area contributed by atoms with Crippen LogP contribution in [0.25, 0.3) is 0 Å². The number of ether oxygens (including phenoxy) is 2. The van der Waals surface area contributed by atoms with Gasteiger partial charge in [0.05, 0.1) is 30.5 Å². The molecule has 0 radical (unpaired) electrons. The Labute approximate surface area is 223 Å². The summed E-state index contributed by atoms with van der Waals surface area (Å²) in [7, 11) is 1.28. The number of thioether (sulfide) groups is 1. The highest BCUT2D eigenvalue weighted by Gasteiger charge is 2.30. The van der Waals surface area contributed by atoms with Gasteiger partial charge in [0.25, 0.3) is 5.91 Å². The second kappa shape index (κ2) is 10.9. The van der Waals surface area contributed by atoms with Gasteiger partial charge in [0, 0.05) is 16.9 Å². The molecule has 2 N–H and O–H groups in total. The number of amides is 1. The van der Waals surface area contributed by atoms with E-state index in [0.29, 0.717) is 41.3 Å². The van der Waals surface area contributed by atoms with E-state index in [-0.39, 0.29) is 11.6 Å². The summed E-state index contributed by atoms with van der Waals surface area (Å²) < 4.78 is 11.1. The third kappa shape index (κ3) is 5.14. The Bertz CT molecular complexity index is 1470. The van der Waals surface area contributed by atoms with Gasteiger partial charge in [-0.15, -0.1) is 11.8 Å². The minimum atomic E-state index is -1.13. The molecule has 5 rings (SSSR count). The topological polar surface area (TPSA) is 105 Å². The van der Waals surface area contributed by atoms with Crippen molar-refractivity contribution in [2.45, 2.75) is 18.2 Å². The van der Waals surface area contributed by atoms with E-state index < -0.39 is 17.2 Å². The molecule has 0 saturated carbocycles. The number of benzene rings is 3. The maximum atomic E-state index is 13.7. The van der Waals surface area contributed by atoms with Crippen LogP contribution in [0.2, 0.25) is 0 Å². The summed E-state index contributed by atoms with van der Waals surface area (Å²) in [4.78, 5) is 39.4. The molecule has 1 amide bonds. The highest BCUT2D eigenvalue weighted by molar-refractivity contribution is 8.03. The number of rotatable bonds is 6. The minimum Gasteiger partial charge on any atom is -0.477 e. The van der Waals surface area contributed by atoms with Crippen LogP contribution in [-0.4, -0.2) is 35.3 Å². The molecular weight excluding hydrogens is 504 g/mol. The Balaban J connectivity index is 1.53. The van der Waals surface area contributed by atoms with E-state index in [4.69, 9.17) is 9.47 Å². The lowest BCUT2D eigenvalue weighted by atomic mass is 10.0. The number of hydrogen-bond acceptors (Lipinski definition) is 7. The van der Waals surface area contributed by atoms with Crippen molar-refractivity contribution in [2.75, 3.05) is 12.0 Å². The van der Waals surface area contributed by atoms with Gasteiger partial charge in [-0.05, 0) is 41.8 Å². The fourth-order valence-electron chi connectivity index (χ4n) is 4.31. The molecule has 0 aromatic heterocycles. The molecular formula is C29H24N2O6S. The van der Waals surface area contributed by atoms with E-state index in [1.54, 1.807) is 23.1 Å². The quantitative estimate of drug-likeness (QED) is 0.437. The number of anilines is 1. The van der Waals surface area contributed by atoms with Crippen LogP contribution >= 0.6 is 11.8 Å². The molecule has 0 bridgehead atoms. The fourth-order valence-corrected chi connectivity index (χ4v) is 5.38. The van der Waals surface area contributed by atoms with E-state index in [1.807, 2.05) is 54.6 Å². The lowest BCUT2D eigenvalue weighted by Crippen LogP contribution is -2.29. The minimum absolute atomic E-state index is 0.0355. The third-order valence-corrected chi connectivity index (χ3v) is 7.35. The van der Waals surface area contributed by atoms with Gasteiger partial charge in [-0.2, -0.15) is 0 Å². The van der Waals surface area contributed by atoms with Crippen LogP contribution in [0, 0.1) is 0 Å². The lowest BCUT2D eigenvalue weighted by Gasteiger charge is -2.24. The lowest BCUT2D eigenvalue weighted by molar-refractivity contribution is -0.136. The number of para-hydroxylation sites is 1. The largest absolute Gasteiger partial charge is 0.477 e. The van der Waals surface area contributed by atoms with Crippen molar-refractivity contribution in [3.05, 3.63) is 112 Å². The Morgan fingerprint density at radius 3 is 2.55 bits per heavy atom. The molecule has 2 aliphatic heterocycles. The molecule has 8 nitrogen and oxygen atoms in total. The molecule has 0 fully saturated rings. The van der Waals surface area contributed by atoms with Crippen molar-refractivity contribution in [3.63, 3.8) is 0 Å². The van der Waals surface area contributed by atoms with Crippen molar-refractivity contribution in [1.29, 1.82) is 0 Å². The van der Waals surface area contributed by atoms with Crippen LogP contribution in [0.3, 0.4) is 0 Å². The molecule has 2 aliphatic rings. The van der Waals surface area contributed by atoms with Gasteiger partial charge >= 0.3 is 11.9 Å². The maximum Gasteiger partial charge on any atom is 0.352 e. The van der Waals surface area contributed by atoms with Gasteiger partial charge in [-0.25, -0.2) is 9.59 Å². The highest BCUT2D eigenvalue weighted by Crippen LogP contribution is 2.41. The molecule has 9 heteroatoms. The number of esters is 1. The average molecular weight is 529 g/mol.